The second-order valence-corrected chi connectivity index (χ2v) is 7.31. The predicted octanol–water partition coefficient (Wildman–Crippen LogP) is 3.91. The van der Waals surface area contributed by atoms with Gasteiger partial charge >= 0.3 is 0 Å². The zero-order chi connectivity index (χ0) is 21.9. The Kier molecular flexibility index (Phi) is 8.44. The summed E-state index contributed by atoms with van der Waals surface area (Å²) in [7, 11) is 0. The van der Waals surface area contributed by atoms with Gasteiger partial charge in [0.1, 0.15) is 12.4 Å². The van der Waals surface area contributed by atoms with E-state index >= 15 is 0 Å². The van der Waals surface area contributed by atoms with Gasteiger partial charge in [-0.25, -0.2) is 0 Å². The molecule has 0 aromatic heterocycles. The number of carbonyl (C=O) groups excluding carboxylic acids is 2. The largest absolute Gasteiger partial charge is 0.491 e. The molecular formula is C24H27N3O4. The Morgan fingerprint density at radius 2 is 1.90 bits per heavy atom. The van der Waals surface area contributed by atoms with Gasteiger partial charge in [-0.2, -0.15) is 5.26 Å². The molecule has 3 rings (SSSR count). The van der Waals surface area contributed by atoms with Crippen molar-refractivity contribution in [3.63, 3.8) is 0 Å². The monoisotopic (exact) mass is 421 g/mol. The van der Waals surface area contributed by atoms with E-state index in [-0.39, 0.29) is 37.2 Å². The molecule has 1 heterocycles. The Labute approximate surface area is 182 Å². The van der Waals surface area contributed by atoms with E-state index in [0.717, 1.165) is 30.9 Å². The average Bonchev–Trinajstić information content (AvgIpc) is 3.32. The van der Waals surface area contributed by atoms with Crippen LogP contribution in [0.3, 0.4) is 0 Å². The third-order valence-corrected chi connectivity index (χ3v) is 4.98. The van der Waals surface area contributed by atoms with Crippen LogP contribution in [0.4, 0.5) is 11.4 Å². The molecule has 2 aromatic carbocycles. The average molecular weight is 421 g/mol. The minimum atomic E-state index is -0.241. The lowest BCUT2D eigenvalue weighted by atomic mass is 10.2. The summed E-state index contributed by atoms with van der Waals surface area (Å²) in [5.41, 5.74) is 1.37. The van der Waals surface area contributed by atoms with Gasteiger partial charge in [0.2, 0.25) is 11.8 Å². The highest BCUT2D eigenvalue weighted by Gasteiger charge is 2.17. The first-order chi connectivity index (χ1) is 15.2. The molecule has 0 spiro atoms. The van der Waals surface area contributed by atoms with Gasteiger partial charge in [-0.3, -0.25) is 9.59 Å². The highest BCUT2D eigenvalue weighted by molar-refractivity contribution is 5.98. The minimum absolute atomic E-state index is 0.0615. The van der Waals surface area contributed by atoms with Crippen molar-refractivity contribution < 1.29 is 19.1 Å². The second kappa shape index (κ2) is 11.7. The highest BCUT2D eigenvalue weighted by Crippen LogP contribution is 2.19. The van der Waals surface area contributed by atoms with E-state index in [2.05, 4.69) is 11.4 Å². The van der Waals surface area contributed by atoms with Crippen molar-refractivity contribution in [3.8, 4) is 11.8 Å². The fraction of sp³-hybridized carbons (Fsp3) is 0.375. The summed E-state index contributed by atoms with van der Waals surface area (Å²) in [5, 5.41) is 11.7. The molecule has 1 aliphatic heterocycles. The SMILES string of the molecule is N#CCCN(C(=O)CCC(=O)Nc1ccc(OCC2CCCO2)cc1)c1ccccc1. The minimum Gasteiger partial charge on any atom is -0.491 e. The van der Waals surface area contributed by atoms with Crippen LogP contribution >= 0.6 is 0 Å². The Morgan fingerprint density at radius 1 is 1.13 bits per heavy atom. The van der Waals surface area contributed by atoms with E-state index in [1.54, 1.807) is 29.2 Å². The van der Waals surface area contributed by atoms with Crippen LogP contribution in [-0.2, 0) is 14.3 Å². The molecule has 0 radical (unpaired) electrons. The zero-order valence-electron chi connectivity index (χ0n) is 17.5. The lowest BCUT2D eigenvalue weighted by Gasteiger charge is -2.21. The van der Waals surface area contributed by atoms with Gasteiger partial charge in [0.05, 0.1) is 18.6 Å². The van der Waals surface area contributed by atoms with Crippen molar-refractivity contribution in [1.29, 1.82) is 5.26 Å². The van der Waals surface area contributed by atoms with Crippen molar-refractivity contribution in [2.75, 3.05) is 30.0 Å². The van der Waals surface area contributed by atoms with Crippen LogP contribution < -0.4 is 15.0 Å². The molecule has 7 nitrogen and oxygen atoms in total. The summed E-state index contributed by atoms with van der Waals surface area (Å²) < 4.78 is 11.3. The lowest BCUT2D eigenvalue weighted by molar-refractivity contribution is -0.122. The number of ether oxygens (including phenoxy) is 2. The molecule has 2 aromatic rings. The van der Waals surface area contributed by atoms with E-state index in [4.69, 9.17) is 14.7 Å². The van der Waals surface area contributed by atoms with E-state index in [1.807, 2.05) is 30.3 Å². The topological polar surface area (TPSA) is 91.7 Å². The number of para-hydroxylation sites is 1. The number of hydrogen-bond donors (Lipinski definition) is 1. The first kappa shape index (κ1) is 22.3. The number of nitrogens with one attached hydrogen (secondary N) is 1. The van der Waals surface area contributed by atoms with Crippen molar-refractivity contribution in [3.05, 3.63) is 54.6 Å². The standard InChI is InChI=1S/C24H27N3O4/c25-15-5-16-27(20-6-2-1-3-7-20)24(29)14-13-23(28)26-19-9-11-21(12-10-19)31-18-22-8-4-17-30-22/h1-3,6-7,9-12,22H,4-5,8,13-14,16-18H2,(H,26,28). The Morgan fingerprint density at radius 3 is 2.58 bits per heavy atom. The van der Waals surface area contributed by atoms with Crippen LogP contribution in [0.15, 0.2) is 54.6 Å². The van der Waals surface area contributed by atoms with Crippen LogP contribution in [0.1, 0.15) is 32.1 Å². The normalized spacial score (nSPS) is 15.1. The third kappa shape index (κ3) is 7.12. The number of nitrogens with zero attached hydrogens (tertiary/aromatic N) is 2. The number of nitriles is 1. The van der Waals surface area contributed by atoms with Crippen molar-refractivity contribution in [2.24, 2.45) is 0 Å². The molecule has 0 saturated carbocycles. The summed E-state index contributed by atoms with van der Waals surface area (Å²) in [5.74, 6) is 0.295. The fourth-order valence-corrected chi connectivity index (χ4v) is 3.35. The molecule has 162 valence electrons. The maximum atomic E-state index is 12.6. The Bertz CT molecular complexity index is 887. The van der Waals surface area contributed by atoms with Crippen LogP contribution in [0, 0.1) is 11.3 Å². The zero-order valence-corrected chi connectivity index (χ0v) is 17.5. The summed E-state index contributed by atoms with van der Waals surface area (Å²) in [4.78, 5) is 26.5. The van der Waals surface area contributed by atoms with Gasteiger partial charge in [0.15, 0.2) is 0 Å². The summed E-state index contributed by atoms with van der Waals surface area (Å²) in [6.45, 7) is 1.62. The van der Waals surface area contributed by atoms with Gasteiger partial charge in [0, 0.05) is 37.4 Å². The first-order valence-electron chi connectivity index (χ1n) is 10.5. The van der Waals surface area contributed by atoms with E-state index in [1.165, 1.54) is 0 Å². The smallest absolute Gasteiger partial charge is 0.227 e. The van der Waals surface area contributed by atoms with E-state index < -0.39 is 0 Å². The van der Waals surface area contributed by atoms with E-state index in [0.29, 0.717) is 18.8 Å². The number of anilines is 2. The maximum absolute atomic E-state index is 12.6. The quantitative estimate of drug-likeness (QED) is 0.628. The third-order valence-electron chi connectivity index (χ3n) is 4.98. The molecule has 1 atom stereocenters. The lowest BCUT2D eigenvalue weighted by Crippen LogP contribution is -2.32. The maximum Gasteiger partial charge on any atom is 0.227 e. The van der Waals surface area contributed by atoms with Gasteiger partial charge < -0.3 is 19.7 Å². The van der Waals surface area contributed by atoms with Crippen molar-refractivity contribution in [1.82, 2.24) is 0 Å². The van der Waals surface area contributed by atoms with Crippen LogP contribution in [-0.4, -0.2) is 37.7 Å². The molecule has 2 amide bonds. The number of hydrogen-bond acceptors (Lipinski definition) is 5. The van der Waals surface area contributed by atoms with Crippen LogP contribution in [0.5, 0.6) is 5.75 Å². The number of amides is 2. The number of benzene rings is 2. The summed E-state index contributed by atoms with van der Waals surface area (Å²) in [6, 6.07) is 18.4. The molecule has 1 unspecified atom stereocenters. The number of rotatable bonds is 10. The number of carbonyl (C=O) groups is 2. The molecule has 1 aliphatic rings. The summed E-state index contributed by atoms with van der Waals surface area (Å²) >= 11 is 0. The van der Waals surface area contributed by atoms with Crippen LogP contribution in [0.25, 0.3) is 0 Å². The van der Waals surface area contributed by atoms with Gasteiger partial charge in [-0.1, -0.05) is 18.2 Å². The fourth-order valence-electron chi connectivity index (χ4n) is 3.35. The first-order valence-corrected chi connectivity index (χ1v) is 10.5. The second-order valence-electron chi connectivity index (χ2n) is 7.31. The van der Waals surface area contributed by atoms with Gasteiger partial charge in [-0.15, -0.1) is 0 Å². The molecule has 7 heteroatoms. The summed E-state index contributed by atoms with van der Waals surface area (Å²) in [6.07, 6.45) is 2.60. The molecule has 0 aliphatic carbocycles. The molecule has 31 heavy (non-hydrogen) atoms. The van der Waals surface area contributed by atoms with Crippen LogP contribution in [0.2, 0.25) is 0 Å². The Hall–Kier alpha value is -3.37. The Balaban J connectivity index is 1.46. The van der Waals surface area contributed by atoms with Crippen molar-refractivity contribution >= 4 is 23.2 Å². The molecule has 1 N–H and O–H groups in total. The molecular weight excluding hydrogens is 394 g/mol. The molecule has 1 fully saturated rings. The van der Waals surface area contributed by atoms with Crippen molar-refractivity contribution in [2.45, 2.75) is 38.2 Å². The predicted molar refractivity (Wildman–Crippen MR) is 118 cm³/mol. The van der Waals surface area contributed by atoms with E-state index in [9.17, 15) is 9.59 Å². The van der Waals surface area contributed by atoms with Gasteiger partial charge in [-0.05, 0) is 49.2 Å². The highest BCUT2D eigenvalue weighted by atomic mass is 16.5. The molecule has 1 saturated heterocycles. The van der Waals surface area contributed by atoms with Gasteiger partial charge in [0.25, 0.3) is 0 Å². The molecule has 0 bridgehead atoms.